The highest BCUT2D eigenvalue weighted by Gasteiger charge is 2.21. The van der Waals surface area contributed by atoms with Crippen LogP contribution in [-0.4, -0.2) is 83.3 Å². The van der Waals surface area contributed by atoms with E-state index in [0.29, 0.717) is 31.0 Å². The Balaban J connectivity index is 0.00000576. The van der Waals surface area contributed by atoms with Crippen molar-refractivity contribution in [1.29, 1.82) is 0 Å². The molecule has 0 radical (unpaired) electrons. The van der Waals surface area contributed by atoms with E-state index in [1.807, 2.05) is 6.92 Å². The van der Waals surface area contributed by atoms with Crippen LogP contribution in [0.15, 0.2) is 4.99 Å². The van der Waals surface area contributed by atoms with Gasteiger partial charge >= 0.3 is 0 Å². The molecule has 150 valence electrons. The van der Waals surface area contributed by atoms with Crippen LogP contribution >= 0.6 is 24.0 Å². The third-order valence-electron chi connectivity index (χ3n) is 3.88. The number of nitrogens with one attached hydrogen (secondary N) is 2. The molecule has 1 fully saturated rings. The molecule has 1 aliphatic rings. The summed E-state index contributed by atoms with van der Waals surface area (Å²) in [6, 6.07) is 0.388. The quantitative estimate of drug-likeness (QED) is 0.285. The lowest BCUT2D eigenvalue weighted by atomic mass is 10.0. The molecule has 9 heteroatoms. The molecule has 0 aromatic carbocycles. The minimum Gasteiger partial charge on any atom is -0.379 e. The topological polar surface area (TPSA) is 83.0 Å². The van der Waals surface area contributed by atoms with Gasteiger partial charge in [0, 0.05) is 38.5 Å². The number of nitrogens with zero attached hydrogens (tertiary/aromatic N) is 2. The van der Waals surface area contributed by atoms with Crippen molar-refractivity contribution >= 4 is 39.8 Å². The Morgan fingerprint density at radius 3 is 2.40 bits per heavy atom. The predicted molar refractivity (Wildman–Crippen MR) is 115 cm³/mol. The van der Waals surface area contributed by atoms with Crippen LogP contribution in [0.3, 0.4) is 0 Å². The molecular weight excluding hydrogens is 455 g/mol. The Hall–Kier alpha value is -0.130. The average molecular weight is 490 g/mol. The molecule has 0 bridgehead atoms. The van der Waals surface area contributed by atoms with E-state index in [4.69, 9.17) is 4.74 Å². The molecule has 1 saturated heterocycles. The molecule has 0 aromatic heterocycles. The third-order valence-corrected chi connectivity index (χ3v) is 4.82. The summed E-state index contributed by atoms with van der Waals surface area (Å²) < 4.78 is 27.9. The van der Waals surface area contributed by atoms with Crippen LogP contribution in [-0.2, 0) is 14.6 Å². The van der Waals surface area contributed by atoms with Gasteiger partial charge in [0.1, 0.15) is 9.84 Å². The van der Waals surface area contributed by atoms with Gasteiger partial charge in [0.2, 0.25) is 0 Å². The lowest BCUT2D eigenvalue weighted by Crippen LogP contribution is -2.46. The molecule has 1 atom stereocenters. The van der Waals surface area contributed by atoms with E-state index in [9.17, 15) is 8.42 Å². The monoisotopic (exact) mass is 490 g/mol. The van der Waals surface area contributed by atoms with Crippen LogP contribution in [0.1, 0.15) is 27.2 Å². The Labute approximate surface area is 170 Å². The smallest absolute Gasteiger partial charge is 0.191 e. The van der Waals surface area contributed by atoms with Crippen LogP contribution in [0.2, 0.25) is 0 Å². The fourth-order valence-electron chi connectivity index (χ4n) is 2.72. The van der Waals surface area contributed by atoms with Crippen molar-refractivity contribution in [2.75, 3.05) is 57.9 Å². The summed E-state index contributed by atoms with van der Waals surface area (Å²) in [6.07, 6.45) is 2.34. The molecule has 0 aromatic rings. The second-order valence-electron chi connectivity index (χ2n) is 6.71. The fraction of sp³-hybridized carbons (Fsp3) is 0.938. The summed E-state index contributed by atoms with van der Waals surface area (Å²) >= 11 is 0. The second-order valence-corrected chi connectivity index (χ2v) is 8.97. The maximum atomic E-state index is 11.2. The molecule has 25 heavy (non-hydrogen) atoms. The van der Waals surface area contributed by atoms with Crippen molar-refractivity contribution in [2.24, 2.45) is 10.9 Å². The van der Waals surface area contributed by atoms with E-state index in [1.54, 1.807) is 0 Å². The Bertz CT molecular complexity index is 480. The summed E-state index contributed by atoms with van der Waals surface area (Å²) in [4.78, 5) is 7.13. The zero-order valence-corrected chi connectivity index (χ0v) is 19.1. The van der Waals surface area contributed by atoms with Gasteiger partial charge in [0.05, 0.1) is 25.5 Å². The summed E-state index contributed by atoms with van der Waals surface area (Å²) in [7, 11) is -2.97. The van der Waals surface area contributed by atoms with Gasteiger partial charge < -0.3 is 15.4 Å². The van der Waals surface area contributed by atoms with Gasteiger partial charge in [-0.15, -0.1) is 24.0 Å². The van der Waals surface area contributed by atoms with Gasteiger partial charge in [-0.1, -0.05) is 13.8 Å². The molecule has 1 aliphatic heterocycles. The van der Waals surface area contributed by atoms with Gasteiger partial charge in [0.25, 0.3) is 0 Å². The molecular formula is C16H35IN4O3S. The van der Waals surface area contributed by atoms with Crippen LogP contribution in [0, 0.1) is 5.92 Å². The molecule has 0 aliphatic carbocycles. The Morgan fingerprint density at radius 2 is 1.88 bits per heavy atom. The molecule has 0 spiro atoms. The second kappa shape index (κ2) is 13.1. The largest absolute Gasteiger partial charge is 0.379 e. The summed E-state index contributed by atoms with van der Waals surface area (Å²) in [6.45, 7) is 11.7. The van der Waals surface area contributed by atoms with Crippen LogP contribution in [0.4, 0.5) is 0 Å². The summed E-state index contributed by atoms with van der Waals surface area (Å²) in [5.41, 5.74) is 0. The van der Waals surface area contributed by atoms with Crippen LogP contribution in [0.5, 0.6) is 0 Å². The first-order chi connectivity index (χ1) is 11.3. The van der Waals surface area contributed by atoms with Gasteiger partial charge in [-0.3, -0.25) is 9.89 Å². The van der Waals surface area contributed by atoms with E-state index < -0.39 is 9.84 Å². The van der Waals surface area contributed by atoms with E-state index in [1.165, 1.54) is 6.26 Å². The number of sulfone groups is 1. The van der Waals surface area contributed by atoms with E-state index in [-0.39, 0.29) is 29.7 Å². The van der Waals surface area contributed by atoms with Gasteiger partial charge in [-0.2, -0.15) is 0 Å². The highest BCUT2D eigenvalue weighted by Crippen LogP contribution is 2.14. The molecule has 0 saturated carbocycles. The normalized spacial score (nSPS) is 17.9. The maximum Gasteiger partial charge on any atom is 0.191 e. The average Bonchev–Trinajstić information content (AvgIpc) is 2.50. The zero-order chi connectivity index (χ0) is 18.0. The highest BCUT2D eigenvalue weighted by molar-refractivity contribution is 14.0. The van der Waals surface area contributed by atoms with Crippen molar-refractivity contribution in [1.82, 2.24) is 15.5 Å². The van der Waals surface area contributed by atoms with Crippen molar-refractivity contribution in [2.45, 2.75) is 33.2 Å². The van der Waals surface area contributed by atoms with E-state index >= 15 is 0 Å². The number of rotatable bonds is 9. The lowest BCUT2D eigenvalue weighted by Gasteiger charge is -2.34. The summed E-state index contributed by atoms with van der Waals surface area (Å²) in [5, 5.41) is 6.29. The van der Waals surface area contributed by atoms with Crippen molar-refractivity contribution < 1.29 is 13.2 Å². The Kier molecular flexibility index (Phi) is 13.0. The lowest BCUT2D eigenvalue weighted by molar-refractivity contribution is 0.0143. The minimum absolute atomic E-state index is 0. The number of hydrogen-bond acceptors (Lipinski definition) is 5. The van der Waals surface area contributed by atoms with Gasteiger partial charge in [-0.05, 0) is 19.3 Å². The first-order valence-corrected chi connectivity index (χ1v) is 10.9. The minimum atomic E-state index is -2.97. The fourth-order valence-corrected chi connectivity index (χ4v) is 3.19. The number of ether oxygens (including phenoxy) is 1. The van der Waals surface area contributed by atoms with Crippen LogP contribution in [0.25, 0.3) is 0 Å². The van der Waals surface area contributed by atoms with E-state index in [0.717, 1.165) is 39.3 Å². The first kappa shape index (κ1) is 24.9. The standard InChI is InChI=1S/C16H34N4O3S.HI/c1-5-17-16(18-6-11-24(4,21)22)19-13-15(12-14(2)3)20-7-9-23-10-8-20;/h14-15H,5-13H2,1-4H3,(H2,17,18,19);1H. The van der Waals surface area contributed by atoms with Crippen molar-refractivity contribution in [3.05, 3.63) is 0 Å². The number of morpholine rings is 1. The van der Waals surface area contributed by atoms with Gasteiger partial charge in [0.15, 0.2) is 5.96 Å². The van der Waals surface area contributed by atoms with Gasteiger partial charge in [-0.25, -0.2) is 8.42 Å². The molecule has 7 nitrogen and oxygen atoms in total. The molecule has 1 heterocycles. The molecule has 1 unspecified atom stereocenters. The van der Waals surface area contributed by atoms with E-state index in [2.05, 4.69) is 34.4 Å². The molecule has 1 rings (SSSR count). The number of hydrogen-bond donors (Lipinski definition) is 2. The van der Waals surface area contributed by atoms with Crippen molar-refractivity contribution in [3.8, 4) is 0 Å². The number of aliphatic imine (C=N–C) groups is 1. The third kappa shape index (κ3) is 12.0. The van der Waals surface area contributed by atoms with Crippen LogP contribution < -0.4 is 10.6 Å². The molecule has 0 amide bonds. The highest BCUT2D eigenvalue weighted by atomic mass is 127. The number of guanidine groups is 1. The maximum absolute atomic E-state index is 11.2. The Morgan fingerprint density at radius 1 is 1.24 bits per heavy atom. The number of halogens is 1. The SMILES string of the molecule is CCNC(=NCC(CC(C)C)N1CCOCC1)NCCS(C)(=O)=O.I. The summed E-state index contributed by atoms with van der Waals surface area (Å²) in [5.74, 6) is 1.40. The zero-order valence-electron chi connectivity index (χ0n) is 16.0. The first-order valence-electron chi connectivity index (χ1n) is 8.83. The predicted octanol–water partition coefficient (Wildman–Crippen LogP) is 0.951. The molecule has 2 N–H and O–H groups in total. The van der Waals surface area contributed by atoms with Crippen molar-refractivity contribution in [3.63, 3.8) is 0 Å².